The molecule has 2 rings (SSSR count). The third-order valence-electron chi connectivity index (χ3n) is 3.77. The van der Waals surface area contributed by atoms with Crippen LogP contribution in [0.2, 0.25) is 0 Å². The average molecular weight is 305 g/mol. The van der Waals surface area contributed by atoms with Gasteiger partial charge in [-0.2, -0.15) is 0 Å². The number of nitrogens with zero attached hydrogens (tertiary/aromatic N) is 1. The maximum atomic E-state index is 12.3. The van der Waals surface area contributed by atoms with E-state index in [1.807, 2.05) is 30.3 Å². The third-order valence-corrected chi connectivity index (χ3v) is 3.77. The highest BCUT2D eigenvalue weighted by molar-refractivity contribution is 5.73. The first kappa shape index (κ1) is 16.3. The molecule has 0 aromatic heterocycles. The van der Waals surface area contributed by atoms with Crippen LogP contribution in [0.15, 0.2) is 30.3 Å². The van der Waals surface area contributed by atoms with Gasteiger partial charge in [-0.1, -0.05) is 30.3 Å². The predicted molar refractivity (Wildman–Crippen MR) is 82.2 cm³/mol. The number of rotatable bonds is 5. The van der Waals surface area contributed by atoms with Crippen LogP contribution in [0.25, 0.3) is 0 Å². The summed E-state index contributed by atoms with van der Waals surface area (Å²) in [7, 11) is 0. The van der Waals surface area contributed by atoms with Gasteiger partial charge in [0.05, 0.1) is 13.0 Å². The van der Waals surface area contributed by atoms with E-state index in [4.69, 9.17) is 9.47 Å². The summed E-state index contributed by atoms with van der Waals surface area (Å²) in [6.07, 6.45) is 2.68. The number of hydrogen-bond acceptors (Lipinski definition) is 4. The summed E-state index contributed by atoms with van der Waals surface area (Å²) in [5.74, 6) is -0.254. The van der Waals surface area contributed by atoms with Crippen molar-refractivity contribution in [1.82, 2.24) is 4.90 Å². The lowest BCUT2D eigenvalue weighted by molar-refractivity contribution is -0.144. The Morgan fingerprint density at radius 1 is 1.18 bits per heavy atom. The number of piperidine rings is 1. The number of benzene rings is 1. The van der Waals surface area contributed by atoms with Crippen LogP contribution in [0.3, 0.4) is 0 Å². The summed E-state index contributed by atoms with van der Waals surface area (Å²) < 4.78 is 10.4. The zero-order chi connectivity index (χ0) is 15.8. The molecule has 0 spiro atoms. The minimum Gasteiger partial charge on any atom is -0.466 e. The summed E-state index contributed by atoms with van der Waals surface area (Å²) in [5, 5.41) is 0. The topological polar surface area (TPSA) is 55.8 Å². The van der Waals surface area contributed by atoms with Gasteiger partial charge in [-0.05, 0) is 31.7 Å². The maximum Gasteiger partial charge on any atom is 0.410 e. The Labute approximate surface area is 131 Å². The molecule has 22 heavy (non-hydrogen) atoms. The molecule has 0 N–H and O–H groups in total. The van der Waals surface area contributed by atoms with Gasteiger partial charge in [-0.15, -0.1) is 0 Å². The van der Waals surface area contributed by atoms with Crippen molar-refractivity contribution in [1.29, 1.82) is 0 Å². The van der Waals surface area contributed by atoms with E-state index in [9.17, 15) is 9.59 Å². The first-order chi connectivity index (χ1) is 10.7. The quantitative estimate of drug-likeness (QED) is 0.784. The van der Waals surface area contributed by atoms with Crippen molar-refractivity contribution in [2.75, 3.05) is 13.2 Å². The van der Waals surface area contributed by atoms with Crippen molar-refractivity contribution in [2.45, 2.75) is 45.3 Å². The van der Waals surface area contributed by atoms with Crippen LogP contribution >= 0.6 is 0 Å². The Kier molecular flexibility index (Phi) is 6.25. The second kappa shape index (κ2) is 8.41. The molecule has 0 saturated carbocycles. The number of likely N-dealkylation sites (tertiary alicyclic amines) is 1. The lowest BCUT2D eigenvalue weighted by Gasteiger charge is -2.34. The van der Waals surface area contributed by atoms with E-state index >= 15 is 0 Å². The molecule has 1 fully saturated rings. The lowest BCUT2D eigenvalue weighted by Crippen LogP contribution is -2.45. The van der Waals surface area contributed by atoms with Gasteiger partial charge in [0.25, 0.3) is 0 Å². The molecular weight excluding hydrogens is 282 g/mol. The van der Waals surface area contributed by atoms with Gasteiger partial charge in [0.15, 0.2) is 0 Å². The molecule has 1 aromatic carbocycles. The van der Waals surface area contributed by atoms with Crippen LogP contribution in [0.1, 0.15) is 38.2 Å². The fourth-order valence-corrected chi connectivity index (χ4v) is 2.67. The first-order valence-corrected chi connectivity index (χ1v) is 7.83. The van der Waals surface area contributed by atoms with Gasteiger partial charge in [-0.3, -0.25) is 4.79 Å². The average Bonchev–Trinajstić information content (AvgIpc) is 2.54. The number of amides is 1. The van der Waals surface area contributed by atoms with Gasteiger partial charge in [-0.25, -0.2) is 4.79 Å². The lowest BCUT2D eigenvalue weighted by atomic mass is 10.00. The molecular formula is C17H23NO4. The van der Waals surface area contributed by atoms with Crippen molar-refractivity contribution in [3.63, 3.8) is 0 Å². The number of carbonyl (C=O) groups is 2. The van der Waals surface area contributed by atoms with Crippen LogP contribution < -0.4 is 0 Å². The van der Waals surface area contributed by atoms with Crippen LogP contribution in [-0.2, 0) is 20.9 Å². The van der Waals surface area contributed by atoms with Crippen LogP contribution in [0.5, 0.6) is 0 Å². The van der Waals surface area contributed by atoms with E-state index in [0.29, 0.717) is 13.2 Å². The van der Waals surface area contributed by atoms with Crippen molar-refractivity contribution in [3.8, 4) is 0 Å². The fraction of sp³-hybridized carbons (Fsp3) is 0.529. The first-order valence-electron chi connectivity index (χ1n) is 7.83. The van der Waals surface area contributed by atoms with Gasteiger partial charge >= 0.3 is 12.1 Å². The Hall–Kier alpha value is -2.04. The largest absolute Gasteiger partial charge is 0.466 e. The highest BCUT2D eigenvalue weighted by Gasteiger charge is 2.29. The van der Waals surface area contributed by atoms with Gasteiger partial charge in [0, 0.05) is 12.6 Å². The molecule has 1 aliphatic heterocycles. The van der Waals surface area contributed by atoms with Gasteiger partial charge in [0.1, 0.15) is 6.61 Å². The highest BCUT2D eigenvalue weighted by atomic mass is 16.6. The minimum absolute atomic E-state index is 0.115. The molecule has 0 bridgehead atoms. The minimum atomic E-state index is -0.349. The van der Waals surface area contributed by atoms with Crippen LogP contribution in [0, 0.1) is 0 Å². The summed E-state index contributed by atoms with van der Waals surface area (Å²) in [6, 6.07) is 9.46. The van der Waals surface area contributed by atoms with Crippen LogP contribution in [0.4, 0.5) is 4.79 Å². The molecule has 0 radical (unpaired) electrons. The van der Waals surface area contributed by atoms with Crippen LogP contribution in [-0.4, -0.2) is 36.2 Å². The zero-order valence-electron chi connectivity index (χ0n) is 13.0. The fourth-order valence-electron chi connectivity index (χ4n) is 2.67. The van der Waals surface area contributed by atoms with Crippen molar-refractivity contribution < 1.29 is 19.1 Å². The second-order valence-corrected chi connectivity index (χ2v) is 5.39. The molecule has 1 atom stereocenters. The molecule has 0 aliphatic carbocycles. The molecule has 120 valence electrons. The van der Waals surface area contributed by atoms with Crippen molar-refractivity contribution >= 4 is 12.1 Å². The molecule has 1 aliphatic rings. The van der Waals surface area contributed by atoms with Crippen molar-refractivity contribution in [2.24, 2.45) is 0 Å². The van der Waals surface area contributed by atoms with E-state index in [1.54, 1.807) is 11.8 Å². The number of carbonyl (C=O) groups excluding carboxylic acids is 2. The summed E-state index contributed by atoms with van der Waals surface area (Å²) in [4.78, 5) is 25.6. The Morgan fingerprint density at radius 2 is 1.95 bits per heavy atom. The third kappa shape index (κ3) is 4.76. The Balaban J connectivity index is 1.89. The summed E-state index contributed by atoms with van der Waals surface area (Å²) >= 11 is 0. The highest BCUT2D eigenvalue weighted by Crippen LogP contribution is 2.21. The van der Waals surface area contributed by atoms with E-state index < -0.39 is 0 Å². The SMILES string of the molecule is CCOC(=O)C[C@H]1CCCCN1C(=O)OCc1ccccc1. The standard InChI is InChI=1S/C17H23NO4/c1-2-21-16(19)12-15-10-6-7-11-18(15)17(20)22-13-14-8-4-3-5-9-14/h3-5,8-9,15H,2,6-7,10-13H2,1H3/t15-/m1/s1. The van der Waals surface area contributed by atoms with E-state index in [1.165, 1.54) is 0 Å². The molecule has 1 aromatic rings. The van der Waals surface area contributed by atoms with Gasteiger partial charge < -0.3 is 14.4 Å². The molecule has 1 saturated heterocycles. The predicted octanol–water partition coefficient (Wildman–Crippen LogP) is 3.13. The normalized spacial score (nSPS) is 17.9. The second-order valence-electron chi connectivity index (χ2n) is 5.39. The number of hydrogen-bond donors (Lipinski definition) is 0. The van der Waals surface area contributed by atoms with Crippen molar-refractivity contribution in [3.05, 3.63) is 35.9 Å². The number of esters is 1. The molecule has 5 nitrogen and oxygen atoms in total. The van der Waals surface area contributed by atoms with Gasteiger partial charge in [0.2, 0.25) is 0 Å². The maximum absolute atomic E-state index is 12.3. The molecule has 1 amide bonds. The van der Waals surface area contributed by atoms with E-state index in [2.05, 4.69) is 0 Å². The molecule has 1 heterocycles. The molecule has 0 unspecified atom stereocenters. The summed E-state index contributed by atoms with van der Waals surface area (Å²) in [5.41, 5.74) is 0.954. The summed E-state index contributed by atoms with van der Waals surface area (Å²) in [6.45, 7) is 3.04. The van der Waals surface area contributed by atoms with E-state index in [-0.39, 0.29) is 31.1 Å². The molecule has 5 heteroatoms. The zero-order valence-corrected chi connectivity index (χ0v) is 13.0. The monoisotopic (exact) mass is 305 g/mol. The van der Waals surface area contributed by atoms with E-state index in [0.717, 1.165) is 24.8 Å². The smallest absolute Gasteiger partial charge is 0.410 e. The number of ether oxygens (including phenoxy) is 2. The Bertz CT molecular complexity index is 489. The Morgan fingerprint density at radius 3 is 2.68 bits per heavy atom.